The lowest BCUT2D eigenvalue weighted by Gasteiger charge is -2.16. The molecule has 0 saturated heterocycles. The standard InChI is InChI=1S/C18H16NO3/c1-20-15-10-9-14-16(18(15)22-3)17(21-2)13(11-19-14)12-7-5-4-6-8-12/h5-11H,1-3H3. The van der Waals surface area contributed by atoms with E-state index in [-0.39, 0.29) is 0 Å². The zero-order valence-electron chi connectivity index (χ0n) is 12.7. The minimum atomic E-state index is 0.619. The van der Waals surface area contributed by atoms with Gasteiger partial charge in [-0.25, -0.2) is 0 Å². The van der Waals surface area contributed by atoms with Crippen molar-refractivity contribution in [1.29, 1.82) is 0 Å². The van der Waals surface area contributed by atoms with Crippen molar-refractivity contribution >= 4 is 10.9 Å². The van der Waals surface area contributed by atoms with Crippen LogP contribution < -0.4 is 14.2 Å². The highest BCUT2D eigenvalue weighted by atomic mass is 16.5. The Bertz CT molecular complexity index is 800. The van der Waals surface area contributed by atoms with Gasteiger partial charge in [0, 0.05) is 11.8 Å². The molecule has 0 saturated carbocycles. The highest BCUT2D eigenvalue weighted by molar-refractivity contribution is 5.98. The van der Waals surface area contributed by atoms with E-state index in [2.05, 4.69) is 11.1 Å². The normalized spacial score (nSPS) is 10.5. The Kier molecular flexibility index (Phi) is 3.83. The van der Waals surface area contributed by atoms with E-state index in [1.54, 1.807) is 21.3 Å². The van der Waals surface area contributed by atoms with Crippen molar-refractivity contribution in [3.63, 3.8) is 0 Å². The second kappa shape index (κ2) is 5.93. The molecule has 0 atom stereocenters. The molecule has 4 heteroatoms. The van der Waals surface area contributed by atoms with Gasteiger partial charge in [0.25, 0.3) is 0 Å². The Morgan fingerprint density at radius 1 is 0.864 bits per heavy atom. The van der Waals surface area contributed by atoms with Crippen molar-refractivity contribution in [2.75, 3.05) is 21.3 Å². The third kappa shape index (κ3) is 2.22. The molecule has 0 aliphatic rings. The molecule has 2 aromatic carbocycles. The quantitative estimate of drug-likeness (QED) is 0.735. The van der Waals surface area contributed by atoms with Gasteiger partial charge in [0.05, 0.1) is 32.2 Å². The number of rotatable bonds is 4. The monoisotopic (exact) mass is 294 g/mol. The lowest BCUT2D eigenvalue weighted by atomic mass is 10.0. The summed E-state index contributed by atoms with van der Waals surface area (Å²) in [7, 11) is 4.87. The maximum Gasteiger partial charge on any atom is 0.173 e. The highest BCUT2D eigenvalue weighted by Gasteiger charge is 2.18. The lowest BCUT2D eigenvalue weighted by molar-refractivity contribution is 0.356. The first-order valence-electron chi connectivity index (χ1n) is 6.84. The fraction of sp³-hybridized carbons (Fsp3) is 0.167. The van der Waals surface area contributed by atoms with Crippen LogP contribution in [0.15, 0.2) is 42.6 Å². The van der Waals surface area contributed by atoms with Crippen molar-refractivity contribution in [3.8, 4) is 28.4 Å². The Labute approximate surface area is 129 Å². The average molecular weight is 294 g/mol. The van der Waals surface area contributed by atoms with Gasteiger partial charge in [-0.05, 0) is 23.8 Å². The molecule has 22 heavy (non-hydrogen) atoms. The third-order valence-electron chi connectivity index (χ3n) is 3.56. The number of benzene rings is 2. The van der Waals surface area contributed by atoms with Crippen molar-refractivity contribution in [2.24, 2.45) is 0 Å². The van der Waals surface area contributed by atoms with Gasteiger partial charge in [0.2, 0.25) is 0 Å². The molecule has 0 fully saturated rings. The molecule has 3 aromatic rings. The number of hydrogen-bond donors (Lipinski definition) is 0. The van der Waals surface area contributed by atoms with Crippen LogP contribution in [0.4, 0.5) is 0 Å². The molecule has 0 bridgehead atoms. The first-order chi connectivity index (χ1) is 10.8. The van der Waals surface area contributed by atoms with E-state index in [0.717, 1.165) is 22.0 Å². The van der Waals surface area contributed by atoms with Gasteiger partial charge >= 0.3 is 0 Å². The molecule has 111 valence electrons. The van der Waals surface area contributed by atoms with Crippen LogP contribution in [0.3, 0.4) is 0 Å². The molecule has 0 spiro atoms. The van der Waals surface area contributed by atoms with Crippen LogP contribution in [0.25, 0.3) is 22.0 Å². The van der Waals surface area contributed by atoms with Crippen LogP contribution in [-0.4, -0.2) is 26.3 Å². The van der Waals surface area contributed by atoms with E-state index in [0.29, 0.717) is 17.2 Å². The zero-order chi connectivity index (χ0) is 15.5. The van der Waals surface area contributed by atoms with Gasteiger partial charge in [-0.15, -0.1) is 0 Å². The molecular weight excluding hydrogens is 278 g/mol. The first-order valence-corrected chi connectivity index (χ1v) is 6.84. The van der Waals surface area contributed by atoms with Gasteiger partial charge in [0.1, 0.15) is 5.75 Å². The molecule has 0 N–H and O–H groups in total. The third-order valence-corrected chi connectivity index (χ3v) is 3.56. The summed E-state index contributed by atoms with van der Waals surface area (Å²) in [5.74, 6) is 1.98. The highest BCUT2D eigenvalue weighted by Crippen LogP contribution is 2.44. The van der Waals surface area contributed by atoms with Gasteiger partial charge in [-0.1, -0.05) is 24.3 Å². The summed E-state index contributed by atoms with van der Waals surface area (Å²) in [5.41, 5.74) is 2.70. The predicted molar refractivity (Wildman–Crippen MR) is 85.7 cm³/mol. The largest absolute Gasteiger partial charge is 0.495 e. The zero-order valence-corrected chi connectivity index (χ0v) is 12.7. The molecule has 0 amide bonds. The smallest absolute Gasteiger partial charge is 0.173 e. The molecule has 4 nitrogen and oxygen atoms in total. The molecule has 1 aromatic heterocycles. The second-order valence-corrected chi connectivity index (χ2v) is 4.69. The summed E-state index contributed by atoms with van der Waals surface area (Å²) in [6.45, 7) is 0. The number of pyridine rings is 1. The van der Waals surface area contributed by atoms with Crippen LogP contribution in [0.2, 0.25) is 0 Å². The van der Waals surface area contributed by atoms with Crippen molar-refractivity contribution < 1.29 is 14.2 Å². The van der Waals surface area contributed by atoms with E-state index < -0.39 is 0 Å². The summed E-state index contributed by atoms with van der Waals surface area (Å²) >= 11 is 0. The topological polar surface area (TPSA) is 40.6 Å². The number of aromatic nitrogens is 1. The van der Waals surface area contributed by atoms with Gasteiger partial charge < -0.3 is 14.2 Å². The fourth-order valence-corrected chi connectivity index (χ4v) is 2.56. The number of methoxy groups -OCH3 is 3. The van der Waals surface area contributed by atoms with E-state index in [1.165, 1.54) is 0 Å². The molecule has 0 aliphatic heterocycles. The number of fused-ring (bicyclic) bond motifs is 1. The minimum absolute atomic E-state index is 0.619. The molecule has 3 rings (SSSR count). The number of nitrogens with zero attached hydrogens (tertiary/aromatic N) is 1. The maximum absolute atomic E-state index is 5.67. The number of hydrogen-bond acceptors (Lipinski definition) is 4. The minimum Gasteiger partial charge on any atom is -0.495 e. The Morgan fingerprint density at radius 2 is 1.59 bits per heavy atom. The van der Waals surface area contributed by atoms with Crippen LogP contribution >= 0.6 is 0 Å². The van der Waals surface area contributed by atoms with Crippen molar-refractivity contribution in [1.82, 2.24) is 4.98 Å². The van der Waals surface area contributed by atoms with E-state index in [4.69, 9.17) is 14.2 Å². The predicted octanol–water partition coefficient (Wildman–Crippen LogP) is 3.73. The van der Waals surface area contributed by atoms with Crippen molar-refractivity contribution in [3.05, 3.63) is 48.7 Å². The van der Waals surface area contributed by atoms with Crippen LogP contribution in [0.5, 0.6) is 17.2 Å². The first kappa shape index (κ1) is 14.2. The molecule has 1 heterocycles. The summed E-state index contributed by atoms with van der Waals surface area (Å²) < 4.78 is 16.6. The summed E-state index contributed by atoms with van der Waals surface area (Å²) in [6.07, 6.45) is 1.81. The Hall–Kier alpha value is -2.75. The van der Waals surface area contributed by atoms with Gasteiger partial charge in [-0.2, -0.15) is 0 Å². The molecular formula is C18H16NO3. The van der Waals surface area contributed by atoms with Gasteiger partial charge in [-0.3, -0.25) is 4.98 Å². The molecule has 0 unspecified atom stereocenters. The number of ether oxygens (including phenoxy) is 3. The van der Waals surface area contributed by atoms with Crippen LogP contribution in [0.1, 0.15) is 0 Å². The SMILES string of the molecule is COc1ccc2ncc(-c3cc[c]cc3)c(OC)c2c1OC. The fourth-order valence-electron chi connectivity index (χ4n) is 2.56. The summed E-state index contributed by atoms with van der Waals surface area (Å²) in [4.78, 5) is 4.52. The molecule has 1 radical (unpaired) electrons. The second-order valence-electron chi connectivity index (χ2n) is 4.69. The Morgan fingerprint density at radius 3 is 2.23 bits per heavy atom. The van der Waals surface area contributed by atoms with Crippen LogP contribution in [0, 0.1) is 6.07 Å². The molecule has 0 aliphatic carbocycles. The van der Waals surface area contributed by atoms with E-state index in [1.807, 2.05) is 42.6 Å². The van der Waals surface area contributed by atoms with Gasteiger partial charge in [0.15, 0.2) is 11.5 Å². The maximum atomic E-state index is 5.67. The van der Waals surface area contributed by atoms with Crippen LogP contribution in [-0.2, 0) is 0 Å². The van der Waals surface area contributed by atoms with E-state index in [9.17, 15) is 0 Å². The summed E-state index contributed by atoms with van der Waals surface area (Å²) in [5, 5.41) is 0.801. The Balaban J connectivity index is 2.37. The van der Waals surface area contributed by atoms with Crippen molar-refractivity contribution in [2.45, 2.75) is 0 Å². The van der Waals surface area contributed by atoms with E-state index >= 15 is 0 Å². The summed E-state index contributed by atoms with van der Waals surface area (Å²) in [6, 6.07) is 14.4. The average Bonchev–Trinajstić information content (AvgIpc) is 2.60. The lowest BCUT2D eigenvalue weighted by Crippen LogP contribution is -1.97.